The van der Waals surface area contributed by atoms with E-state index in [-0.39, 0.29) is 17.1 Å². The molecule has 3 rings (SSSR count). The van der Waals surface area contributed by atoms with Crippen molar-refractivity contribution in [3.8, 4) is 5.95 Å². The summed E-state index contributed by atoms with van der Waals surface area (Å²) in [5.41, 5.74) is 6.16. The van der Waals surface area contributed by atoms with Crippen LogP contribution in [0.4, 0.5) is 5.69 Å². The average Bonchev–Trinajstić information content (AvgIpc) is 2.89. The number of H-pyrrole nitrogens is 1. The van der Waals surface area contributed by atoms with Crippen LogP contribution in [0.5, 0.6) is 0 Å². The van der Waals surface area contributed by atoms with Gasteiger partial charge in [-0.05, 0) is 18.2 Å². The van der Waals surface area contributed by atoms with Crippen molar-refractivity contribution in [2.24, 2.45) is 0 Å². The number of carboxylic acids is 1. The second kappa shape index (κ2) is 4.19. The number of benzene rings is 1. The molecule has 0 unspecified atom stereocenters. The van der Waals surface area contributed by atoms with E-state index in [9.17, 15) is 9.59 Å². The lowest BCUT2D eigenvalue weighted by Gasteiger charge is -2.03. The Balaban J connectivity index is 2.19. The molecular formula is C12H9N5O3. The van der Waals surface area contributed by atoms with E-state index in [1.165, 1.54) is 23.1 Å². The largest absolute Gasteiger partial charge is 0.478 e. The monoisotopic (exact) mass is 271 g/mol. The molecule has 0 spiro atoms. The van der Waals surface area contributed by atoms with Gasteiger partial charge in [0.15, 0.2) is 0 Å². The van der Waals surface area contributed by atoms with Crippen molar-refractivity contribution in [3.05, 3.63) is 46.5 Å². The van der Waals surface area contributed by atoms with Crippen LogP contribution in [0.15, 0.2) is 35.4 Å². The molecule has 1 aromatic carbocycles. The van der Waals surface area contributed by atoms with Crippen LogP contribution < -0.4 is 11.3 Å². The highest BCUT2D eigenvalue weighted by Crippen LogP contribution is 2.12. The predicted octanol–water partition coefficient (Wildman–Crippen LogP) is 0.389. The number of aromatic nitrogens is 4. The van der Waals surface area contributed by atoms with Crippen molar-refractivity contribution in [1.29, 1.82) is 0 Å². The summed E-state index contributed by atoms with van der Waals surface area (Å²) in [6, 6.07) is 4.77. The number of aromatic carboxylic acids is 1. The van der Waals surface area contributed by atoms with Crippen molar-refractivity contribution in [3.63, 3.8) is 0 Å². The Kier molecular flexibility index (Phi) is 2.50. The lowest BCUT2D eigenvalue weighted by atomic mass is 10.2. The molecule has 20 heavy (non-hydrogen) atoms. The lowest BCUT2D eigenvalue weighted by molar-refractivity contribution is 0.0697. The normalized spacial score (nSPS) is 10.8. The minimum atomic E-state index is -1.10. The quantitative estimate of drug-likeness (QED) is 0.578. The smallest absolute Gasteiger partial charge is 0.338 e. The minimum Gasteiger partial charge on any atom is -0.478 e. The summed E-state index contributed by atoms with van der Waals surface area (Å²) in [5.74, 6) is -0.966. The van der Waals surface area contributed by atoms with Gasteiger partial charge in [-0.15, -0.1) is 0 Å². The maximum Gasteiger partial charge on any atom is 0.338 e. The van der Waals surface area contributed by atoms with E-state index in [1.54, 1.807) is 12.1 Å². The van der Waals surface area contributed by atoms with Crippen molar-refractivity contribution in [1.82, 2.24) is 19.7 Å². The number of fused-ring (bicyclic) bond motifs is 1. The Hall–Kier alpha value is -3.16. The van der Waals surface area contributed by atoms with Gasteiger partial charge in [0.25, 0.3) is 5.56 Å². The van der Waals surface area contributed by atoms with Gasteiger partial charge in [0, 0.05) is 11.9 Å². The fourth-order valence-corrected chi connectivity index (χ4v) is 1.80. The first-order valence-corrected chi connectivity index (χ1v) is 5.62. The number of rotatable bonds is 2. The molecule has 0 bridgehead atoms. The summed E-state index contributed by atoms with van der Waals surface area (Å²) >= 11 is 0. The van der Waals surface area contributed by atoms with E-state index in [1.807, 2.05) is 0 Å². The molecule has 8 nitrogen and oxygen atoms in total. The highest BCUT2D eigenvalue weighted by molar-refractivity contribution is 5.87. The molecule has 3 aromatic rings. The lowest BCUT2D eigenvalue weighted by Crippen LogP contribution is -2.14. The van der Waals surface area contributed by atoms with Gasteiger partial charge >= 0.3 is 5.97 Å². The van der Waals surface area contributed by atoms with Crippen LogP contribution in [0.1, 0.15) is 10.4 Å². The highest BCUT2D eigenvalue weighted by Gasteiger charge is 2.10. The molecule has 0 fully saturated rings. The second-order valence-corrected chi connectivity index (χ2v) is 4.14. The number of carbonyl (C=O) groups is 1. The van der Waals surface area contributed by atoms with E-state index < -0.39 is 5.97 Å². The molecule has 0 amide bonds. The Bertz CT molecular complexity index is 880. The number of carboxylic acid groups (broad SMARTS) is 1. The van der Waals surface area contributed by atoms with Gasteiger partial charge in [0.05, 0.1) is 22.7 Å². The summed E-state index contributed by atoms with van der Waals surface area (Å²) in [4.78, 5) is 29.5. The summed E-state index contributed by atoms with van der Waals surface area (Å²) < 4.78 is 1.20. The molecule has 0 aliphatic rings. The second-order valence-electron chi connectivity index (χ2n) is 4.14. The molecule has 0 radical (unpaired) electrons. The van der Waals surface area contributed by atoms with E-state index in [4.69, 9.17) is 10.8 Å². The first-order chi connectivity index (χ1) is 9.54. The predicted molar refractivity (Wildman–Crippen MR) is 70.9 cm³/mol. The fraction of sp³-hybridized carbons (Fsp3) is 0. The first-order valence-electron chi connectivity index (χ1n) is 5.62. The summed E-state index contributed by atoms with van der Waals surface area (Å²) in [6.07, 6.45) is 2.44. The maximum absolute atomic E-state index is 12.0. The number of hydrogen-bond acceptors (Lipinski definition) is 5. The number of aromatic amines is 1. The number of nitrogens with zero attached hydrogens (tertiary/aromatic N) is 3. The molecule has 4 N–H and O–H groups in total. The molecule has 8 heteroatoms. The zero-order valence-corrected chi connectivity index (χ0v) is 10.1. The molecule has 0 saturated heterocycles. The molecule has 2 aromatic heterocycles. The van der Waals surface area contributed by atoms with Gasteiger partial charge in [-0.3, -0.25) is 9.78 Å². The Morgan fingerprint density at radius 2 is 2.20 bits per heavy atom. The Morgan fingerprint density at radius 1 is 1.40 bits per heavy atom. The van der Waals surface area contributed by atoms with Crippen molar-refractivity contribution in [2.45, 2.75) is 0 Å². The third-order valence-corrected chi connectivity index (χ3v) is 2.76. The van der Waals surface area contributed by atoms with E-state index in [0.29, 0.717) is 16.6 Å². The Labute approximate surface area is 111 Å². The number of hydrogen-bond donors (Lipinski definition) is 3. The van der Waals surface area contributed by atoms with Crippen LogP contribution in [0.3, 0.4) is 0 Å². The zero-order valence-electron chi connectivity index (χ0n) is 10.1. The first kappa shape index (κ1) is 11.9. The van der Waals surface area contributed by atoms with E-state index in [2.05, 4.69) is 15.1 Å². The summed E-state index contributed by atoms with van der Waals surface area (Å²) in [6.45, 7) is 0. The van der Waals surface area contributed by atoms with Crippen LogP contribution in [0.25, 0.3) is 16.9 Å². The van der Waals surface area contributed by atoms with E-state index >= 15 is 0 Å². The standard InChI is InChI=1S/C12H9N5O3/c13-7-1-2-9-8(3-7)10(18)16-12(15-9)17-5-6(4-14-17)11(19)20/h1-5H,13H2,(H,19,20)(H,15,16,18). The molecule has 0 aliphatic heterocycles. The minimum absolute atomic E-state index is 0.00468. The van der Waals surface area contributed by atoms with Gasteiger partial charge < -0.3 is 10.8 Å². The number of anilines is 1. The van der Waals surface area contributed by atoms with Crippen molar-refractivity contribution < 1.29 is 9.90 Å². The number of nitrogens with two attached hydrogens (primary N) is 1. The Morgan fingerprint density at radius 3 is 2.90 bits per heavy atom. The number of nitrogens with one attached hydrogen (secondary N) is 1. The molecule has 0 saturated carbocycles. The van der Waals surface area contributed by atoms with Gasteiger partial charge in [-0.1, -0.05) is 0 Å². The molecule has 0 atom stereocenters. The molecule has 2 heterocycles. The van der Waals surface area contributed by atoms with Crippen LogP contribution in [0, 0.1) is 0 Å². The van der Waals surface area contributed by atoms with E-state index in [0.717, 1.165) is 0 Å². The van der Waals surface area contributed by atoms with Crippen LogP contribution in [-0.2, 0) is 0 Å². The van der Waals surface area contributed by atoms with Crippen LogP contribution >= 0.6 is 0 Å². The summed E-state index contributed by atoms with van der Waals surface area (Å²) in [7, 11) is 0. The van der Waals surface area contributed by atoms with Gasteiger partial charge in [0.1, 0.15) is 0 Å². The average molecular weight is 271 g/mol. The highest BCUT2D eigenvalue weighted by atomic mass is 16.4. The van der Waals surface area contributed by atoms with Gasteiger partial charge in [-0.2, -0.15) is 5.10 Å². The zero-order chi connectivity index (χ0) is 14.3. The SMILES string of the molecule is Nc1ccc2nc(-n3cc(C(=O)O)cn3)[nH]c(=O)c2c1. The van der Waals surface area contributed by atoms with Crippen molar-refractivity contribution in [2.75, 3.05) is 5.73 Å². The third-order valence-electron chi connectivity index (χ3n) is 2.76. The van der Waals surface area contributed by atoms with Gasteiger partial charge in [-0.25, -0.2) is 14.5 Å². The fourth-order valence-electron chi connectivity index (χ4n) is 1.80. The van der Waals surface area contributed by atoms with Crippen LogP contribution in [-0.4, -0.2) is 30.8 Å². The maximum atomic E-state index is 12.0. The molecule has 0 aliphatic carbocycles. The molecule has 100 valence electrons. The van der Waals surface area contributed by atoms with Crippen molar-refractivity contribution >= 4 is 22.6 Å². The topological polar surface area (TPSA) is 127 Å². The third kappa shape index (κ3) is 1.88. The van der Waals surface area contributed by atoms with Gasteiger partial charge in [0.2, 0.25) is 5.95 Å². The number of nitrogen functional groups attached to an aromatic ring is 1. The molecular weight excluding hydrogens is 262 g/mol. The van der Waals surface area contributed by atoms with Crippen LogP contribution in [0.2, 0.25) is 0 Å². The summed E-state index contributed by atoms with van der Waals surface area (Å²) in [5, 5.41) is 13.1.